The highest BCUT2D eigenvalue weighted by Crippen LogP contribution is 2.18. The molecule has 2 rings (SSSR count). The zero-order chi connectivity index (χ0) is 19.6. The number of hydrogen-bond donors (Lipinski definition) is 2. The highest BCUT2D eigenvalue weighted by molar-refractivity contribution is 6.04. The molecule has 144 valence electrons. The van der Waals surface area contributed by atoms with Crippen molar-refractivity contribution in [3.8, 4) is 11.5 Å². The van der Waals surface area contributed by atoms with E-state index in [0.29, 0.717) is 23.6 Å². The number of benzene rings is 2. The first-order valence-corrected chi connectivity index (χ1v) is 9.08. The normalized spacial score (nSPS) is 11.4. The Kier molecular flexibility index (Phi) is 7.67. The number of ether oxygens (including phenoxy) is 2. The smallest absolute Gasteiger partial charge is 0.262 e. The molecule has 2 amide bonds. The lowest BCUT2D eigenvalue weighted by molar-refractivity contribution is -0.118. The lowest BCUT2D eigenvalue weighted by atomic mass is 10.1. The van der Waals surface area contributed by atoms with Gasteiger partial charge in [0.15, 0.2) is 6.61 Å². The summed E-state index contributed by atoms with van der Waals surface area (Å²) in [5.41, 5.74) is 0.880. The zero-order valence-electron chi connectivity index (χ0n) is 16.0. The van der Waals surface area contributed by atoms with Gasteiger partial charge in [-0.2, -0.15) is 0 Å². The summed E-state index contributed by atoms with van der Waals surface area (Å²) in [7, 11) is 0. The third-order valence-corrected chi connectivity index (χ3v) is 3.94. The Hall–Kier alpha value is -3.02. The molecule has 0 heterocycles. The first-order valence-electron chi connectivity index (χ1n) is 9.08. The Morgan fingerprint density at radius 1 is 0.963 bits per heavy atom. The van der Waals surface area contributed by atoms with E-state index in [0.717, 1.165) is 12.2 Å². The first kappa shape index (κ1) is 20.3. The van der Waals surface area contributed by atoms with Crippen molar-refractivity contribution >= 4 is 17.5 Å². The van der Waals surface area contributed by atoms with E-state index >= 15 is 0 Å². The maximum absolute atomic E-state index is 12.4. The van der Waals surface area contributed by atoms with E-state index < -0.39 is 0 Å². The van der Waals surface area contributed by atoms with Crippen LogP contribution in [0, 0.1) is 0 Å². The second-order valence-corrected chi connectivity index (χ2v) is 6.07. The second-order valence-electron chi connectivity index (χ2n) is 6.07. The monoisotopic (exact) mass is 370 g/mol. The van der Waals surface area contributed by atoms with Crippen LogP contribution >= 0.6 is 0 Å². The van der Waals surface area contributed by atoms with Crippen molar-refractivity contribution < 1.29 is 19.1 Å². The van der Waals surface area contributed by atoms with Gasteiger partial charge >= 0.3 is 0 Å². The van der Waals surface area contributed by atoms with Crippen LogP contribution in [0.3, 0.4) is 0 Å². The van der Waals surface area contributed by atoms with Crippen molar-refractivity contribution in [1.82, 2.24) is 5.32 Å². The van der Waals surface area contributed by atoms with Crippen molar-refractivity contribution in [3.05, 3.63) is 54.1 Å². The Morgan fingerprint density at radius 3 is 2.22 bits per heavy atom. The fourth-order valence-corrected chi connectivity index (χ4v) is 2.33. The van der Waals surface area contributed by atoms with Crippen LogP contribution in [0.2, 0.25) is 0 Å². The Balaban J connectivity index is 1.94. The Labute approximate surface area is 159 Å². The van der Waals surface area contributed by atoms with Crippen molar-refractivity contribution in [2.75, 3.05) is 18.5 Å². The van der Waals surface area contributed by atoms with E-state index in [4.69, 9.17) is 9.47 Å². The molecule has 27 heavy (non-hydrogen) atoms. The van der Waals surface area contributed by atoms with E-state index in [-0.39, 0.29) is 24.5 Å². The first-order chi connectivity index (χ1) is 13.0. The summed E-state index contributed by atoms with van der Waals surface area (Å²) in [5.74, 6) is 0.757. The minimum Gasteiger partial charge on any atom is -0.494 e. The van der Waals surface area contributed by atoms with E-state index in [2.05, 4.69) is 10.6 Å². The van der Waals surface area contributed by atoms with Crippen LogP contribution in [0.25, 0.3) is 0 Å². The summed E-state index contributed by atoms with van der Waals surface area (Å²) in [6, 6.07) is 14.0. The van der Waals surface area contributed by atoms with E-state index in [1.165, 1.54) is 0 Å². The number of carbonyl (C=O) groups excluding carboxylic acids is 2. The molecule has 0 bridgehead atoms. The molecule has 0 spiro atoms. The molecule has 0 radical (unpaired) electrons. The maximum Gasteiger partial charge on any atom is 0.262 e. The third kappa shape index (κ3) is 6.33. The number of nitrogens with one attached hydrogen (secondary N) is 2. The molecule has 0 saturated heterocycles. The largest absolute Gasteiger partial charge is 0.494 e. The fourth-order valence-electron chi connectivity index (χ4n) is 2.33. The number of carbonyl (C=O) groups is 2. The van der Waals surface area contributed by atoms with Crippen LogP contribution in [0.4, 0.5) is 5.69 Å². The molecule has 6 nitrogen and oxygen atoms in total. The Bertz CT molecular complexity index is 759. The average Bonchev–Trinajstić information content (AvgIpc) is 2.68. The van der Waals surface area contributed by atoms with Crippen LogP contribution in [0.1, 0.15) is 37.6 Å². The van der Waals surface area contributed by atoms with Crippen LogP contribution in [-0.4, -0.2) is 31.1 Å². The number of hydrogen-bond acceptors (Lipinski definition) is 4. The van der Waals surface area contributed by atoms with Crippen molar-refractivity contribution in [3.63, 3.8) is 0 Å². The van der Waals surface area contributed by atoms with Crippen LogP contribution in [-0.2, 0) is 4.79 Å². The lowest BCUT2D eigenvalue weighted by Gasteiger charge is -2.15. The highest BCUT2D eigenvalue weighted by atomic mass is 16.5. The molecular weight excluding hydrogens is 344 g/mol. The van der Waals surface area contributed by atoms with Crippen LogP contribution in [0.15, 0.2) is 48.5 Å². The van der Waals surface area contributed by atoms with Gasteiger partial charge in [0.1, 0.15) is 11.5 Å². The SMILES string of the molecule is CCOc1ccc(OCC(=O)Nc2ccccc2C(=O)NC(C)CC)cc1. The van der Waals surface area contributed by atoms with Gasteiger partial charge in [0.2, 0.25) is 0 Å². The average molecular weight is 370 g/mol. The van der Waals surface area contributed by atoms with Gasteiger partial charge in [0.25, 0.3) is 11.8 Å². The predicted octanol–water partition coefficient (Wildman–Crippen LogP) is 3.63. The van der Waals surface area contributed by atoms with Gasteiger partial charge in [-0.25, -0.2) is 0 Å². The summed E-state index contributed by atoms with van der Waals surface area (Å²) in [5, 5.41) is 5.63. The number of amides is 2. The quantitative estimate of drug-likeness (QED) is 0.707. The van der Waals surface area contributed by atoms with Crippen LogP contribution in [0.5, 0.6) is 11.5 Å². The maximum atomic E-state index is 12.4. The summed E-state index contributed by atoms with van der Waals surface area (Å²) >= 11 is 0. The molecule has 0 saturated carbocycles. The summed E-state index contributed by atoms with van der Waals surface area (Å²) in [6.07, 6.45) is 0.830. The zero-order valence-corrected chi connectivity index (χ0v) is 16.0. The predicted molar refractivity (Wildman–Crippen MR) is 105 cm³/mol. The van der Waals surface area contributed by atoms with E-state index in [9.17, 15) is 9.59 Å². The molecule has 2 aromatic rings. The van der Waals surface area contributed by atoms with Crippen molar-refractivity contribution in [1.29, 1.82) is 0 Å². The van der Waals surface area contributed by atoms with Crippen LogP contribution < -0.4 is 20.1 Å². The molecule has 1 unspecified atom stereocenters. The minimum atomic E-state index is -0.340. The standard InChI is InChI=1S/C21H26N2O4/c1-4-15(3)22-21(25)18-8-6-7-9-19(18)23-20(24)14-27-17-12-10-16(11-13-17)26-5-2/h6-13,15H,4-5,14H2,1-3H3,(H,22,25)(H,23,24). The molecular formula is C21H26N2O4. The van der Waals surface area contributed by atoms with E-state index in [1.807, 2.05) is 20.8 Å². The fraction of sp³-hybridized carbons (Fsp3) is 0.333. The second kappa shape index (κ2) is 10.2. The molecule has 6 heteroatoms. The minimum absolute atomic E-state index is 0.0595. The summed E-state index contributed by atoms with van der Waals surface area (Å²) < 4.78 is 10.9. The molecule has 0 aliphatic rings. The third-order valence-electron chi connectivity index (χ3n) is 3.94. The van der Waals surface area contributed by atoms with Gasteiger partial charge in [-0.3, -0.25) is 9.59 Å². The molecule has 2 aromatic carbocycles. The van der Waals surface area contributed by atoms with E-state index in [1.54, 1.807) is 48.5 Å². The number of anilines is 1. The lowest BCUT2D eigenvalue weighted by Crippen LogP contribution is -2.33. The van der Waals surface area contributed by atoms with Crippen molar-refractivity contribution in [2.24, 2.45) is 0 Å². The van der Waals surface area contributed by atoms with Gasteiger partial charge in [0, 0.05) is 6.04 Å². The molecule has 0 aliphatic heterocycles. The molecule has 1 atom stereocenters. The van der Waals surface area contributed by atoms with Gasteiger partial charge in [0.05, 0.1) is 17.9 Å². The highest BCUT2D eigenvalue weighted by Gasteiger charge is 2.14. The molecule has 2 N–H and O–H groups in total. The summed E-state index contributed by atoms with van der Waals surface area (Å²) in [4.78, 5) is 24.6. The Morgan fingerprint density at radius 2 is 1.59 bits per heavy atom. The molecule has 0 aliphatic carbocycles. The summed E-state index contributed by atoms with van der Waals surface area (Å²) in [6.45, 7) is 6.28. The van der Waals surface area contributed by atoms with Gasteiger partial charge in [-0.15, -0.1) is 0 Å². The van der Waals surface area contributed by atoms with Crippen molar-refractivity contribution in [2.45, 2.75) is 33.2 Å². The molecule has 0 aromatic heterocycles. The number of rotatable bonds is 9. The topological polar surface area (TPSA) is 76.7 Å². The van der Waals surface area contributed by atoms with Gasteiger partial charge in [-0.05, 0) is 56.7 Å². The molecule has 0 fully saturated rings. The van der Waals surface area contributed by atoms with Gasteiger partial charge < -0.3 is 20.1 Å². The van der Waals surface area contributed by atoms with Gasteiger partial charge in [-0.1, -0.05) is 19.1 Å². The number of para-hydroxylation sites is 1.